The number of H-pyrrole nitrogens is 1. The summed E-state index contributed by atoms with van der Waals surface area (Å²) in [5.74, 6) is 0. The van der Waals surface area contributed by atoms with Crippen molar-refractivity contribution in [1.82, 2.24) is 9.55 Å². The minimum atomic E-state index is -0.926. The first kappa shape index (κ1) is 15.9. The molecule has 1 aromatic rings. The van der Waals surface area contributed by atoms with E-state index in [1.54, 1.807) is 4.08 Å². The Kier molecular flexibility index (Phi) is 5.18. The number of aliphatic hydroxyl groups is 2. The Bertz CT molecular complexity index is 640. The van der Waals surface area contributed by atoms with Gasteiger partial charge in [-0.25, -0.2) is 4.79 Å². The molecule has 0 aromatic carbocycles. The van der Waals surface area contributed by atoms with Crippen LogP contribution in [0.15, 0.2) is 19.9 Å². The summed E-state index contributed by atoms with van der Waals surface area (Å²) in [6, 6.07) is 0. The van der Waals surface area contributed by atoms with Crippen molar-refractivity contribution in [1.29, 1.82) is 0 Å². The van der Waals surface area contributed by atoms with Crippen LogP contribution in [0.25, 0.3) is 4.48 Å². The highest BCUT2D eigenvalue weighted by molar-refractivity contribution is 14.1. The smallest absolute Gasteiger partial charge is 0.330 e. The summed E-state index contributed by atoms with van der Waals surface area (Å²) in [5.41, 5.74) is -0.949. The van der Waals surface area contributed by atoms with Crippen molar-refractivity contribution in [2.75, 3.05) is 6.61 Å². The molecule has 2 rings (SSSR count). The molecule has 2 heterocycles. The third-order valence-electron chi connectivity index (χ3n) is 2.96. The minimum absolute atomic E-state index is 0.228. The van der Waals surface area contributed by atoms with Gasteiger partial charge < -0.3 is 14.9 Å². The van der Waals surface area contributed by atoms with Crippen LogP contribution in [-0.4, -0.2) is 38.6 Å². The molecule has 9 heteroatoms. The van der Waals surface area contributed by atoms with Gasteiger partial charge in [0.1, 0.15) is 6.10 Å². The number of aromatic nitrogens is 2. The molecular weight excluding hydrogens is 447 g/mol. The van der Waals surface area contributed by atoms with E-state index in [9.17, 15) is 14.7 Å². The lowest BCUT2D eigenvalue weighted by atomic mass is 10.2. The molecular formula is C11H12BrIN2O5. The maximum atomic E-state index is 11.8. The second-order valence-corrected chi connectivity index (χ2v) is 5.78. The van der Waals surface area contributed by atoms with E-state index in [1.807, 2.05) is 22.6 Å². The number of nitrogens with one attached hydrogen (secondary N) is 1. The first-order valence-electron chi connectivity index (χ1n) is 5.74. The first-order chi connectivity index (χ1) is 9.47. The van der Waals surface area contributed by atoms with Crippen LogP contribution in [-0.2, 0) is 4.74 Å². The second-order valence-electron chi connectivity index (χ2n) is 4.30. The van der Waals surface area contributed by atoms with Gasteiger partial charge in [-0.15, -0.1) is 0 Å². The van der Waals surface area contributed by atoms with Crippen LogP contribution >= 0.6 is 38.5 Å². The maximum absolute atomic E-state index is 11.8. The predicted octanol–water partition coefficient (Wildman–Crippen LogP) is 0.306. The van der Waals surface area contributed by atoms with Crippen LogP contribution in [0.2, 0.25) is 0 Å². The van der Waals surface area contributed by atoms with Crippen molar-refractivity contribution in [3.05, 3.63) is 36.7 Å². The Hall–Kier alpha value is -0.490. The summed E-state index contributed by atoms with van der Waals surface area (Å²) in [5, 5.41) is 19.0. The Morgan fingerprint density at radius 3 is 2.90 bits per heavy atom. The van der Waals surface area contributed by atoms with Gasteiger partial charge in [0, 0.05) is 17.1 Å². The molecule has 0 unspecified atom stereocenters. The number of ether oxygens (including phenoxy) is 1. The average Bonchev–Trinajstić information content (AvgIpc) is 2.79. The van der Waals surface area contributed by atoms with Gasteiger partial charge in [-0.2, -0.15) is 0 Å². The van der Waals surface area contributed by atoms with Gasteiger partial charge in [-0.05, 0) is 20.0 Å². The van der Waals surface area contributed by atoms with Gasteiger partial charge in [-0.3, -0.25) is 14.3 Å². The zero-order valence-corrected chi connectivity index (χ0v) is 13.9. The monoisotopic (exact) mass is 458 g/mol. The molecule has 1 aliphatic rings. The third-order valence-corrected chi connectivity index (χ3v) is 5.10. The number of hydrogen-bond acceptors (Lipinski definition) is 5. The fourth-order valence-corrected chi connectivity index (χ4v) is 2.62. The van der Waals surface area contributed by atoms with E-state index in [0.717, 1.165) is 4.57 Å². The Morgan fingerprint density at radius 1 is 1.65 bits per heavy atom. The van der Waals surface area contributed by atoms with Gasteiger partial charge in [0.25, 0.3) is 5.56 Å². The second kappa shape index (κ2) is 6.52. The molecule has 0 amide bonds. The lowest BCUT2D eigenvalue weighted by Gasteiger charge is -2.17. The van der Waals surface area contributed by atoms with Gasteiger partial charge in [0.15, 0.2) is 6.23 Å². The van der Waals surface area contributed by atoms with Crippen molar-refractivity contribution >= 4 is 43.0 Å². The molecule has 0 radical (unpaired) electrons. The number of aromatic amines is 1. The molecule has 0 saturated carbocycles. The van der Waals surface area contributed by atoms with Gasteiger partial charge in [-0.1, -0.05) is 22.6 Å². The van der Waals surface area contributed by atoms with Crippen molar-refractivity contribution in [3.63, 3.8) is 0 Å². The van der Waals surface area contributed by atoms with Gasteiger partial charge in [0.2, 0.25) is 0 Å². The van der Waals surface area contributed by atoms with Gasteiger partial charge >= 0.3 is 5.69 Å². The third kappa shape index (κ3) is 3.06. The quantitative estimate of drug-likeness (QED) is 0.565. The zero-order chi connectivity index (χ0) is 14.9. The van der Waals surface area contributed by atoms with Crippen LogP contribution in [0.5, 0.6) is 0 Å². The van der Waals surface area contributed by atoms with Crippen molar-refractivity contribution < 1.29 is 14.9 Å². The Morgan fingerprint density at radius 2 is 2.35 bits per heavy atom. The SMILES string of the molecule is O=c1[nH]c(=O)n([C@@H]2O[C@H](CO)C[C@H]2O)cc1C(Br)=CI. The molecule has 3 N–H and O–H groups in total. The number of rotatable bonds is 3. The normalized spacial score (nSPS) is 27.0. The predicted molar refractivity (Wildman–Crippen MR) is 83.9 cm³/mol. The summed E-state index contributed by atoms with van der Waals surface area (Å²) in [7, 11) is 0. The number of aliphatic hydroxyl groups excluding tert-OH is 2. The molecule has 20 heavy (non-hydrogen) atoms. The van der Waals surface area contributed by atoms with Crippen LogP contribution in [0.4, 0.5) is 0 Å². The molecule has 0 bridgehead atoms. The summed E-state index contributed by atoms with van der Waals surface area (Å²) in [6.45, 7) is -0.240. The first-order valence-corrected chi connectivity index (χ1v) is 7.78. The standard InChI is InChI=1S/C11H12BrIN2O5/c12-7(2-13)6-3-15(11(19)14-9(6)18)10-8(17)1-5(4-16)20-10/h2-3,5,8,10,16-17H,1,4H2,(H,14,18,19)/t5-,8+,10+/m0/s1. The number of hydrogen-bond donors (Lipinski definition) is 3. The molecule has 1 aromatic heterocycles. The number of nitrogens with zero attached hydrogens (tertiary/aromatic N) is 1. The van der Waals surface area contributed by atoms with E-state index >= 15 is 0 Å². The van der Waals surface area contributed by atoms with E-state index < -0.39 is 29.7 Å². The molecule has 0 aliphatic carbocycles. The van der Waals surface area contributed by atoms with Crippen molar-refractivity contribution in [2.24, 2.45) is 0 Å². The van der Waals surface area contributed by atoms with Crippen LogP contribution in [0.3, 0.4) is 0 Å². The van der Waals surface area contributed by atoms with Crippen LogP contribution in [0.1, 0.15) is 18.2 Å². The lowest BCUT2D eigenvalue weighted by Crippen LogP contribution is -2.36. The fraction of sp³-hybridized carbons (Fsp3) is 0.455. The van der Waals surface area contributed by atoms with E-state index in [1.165, 1.54) is 6.20 Å². The number of halogens is 2. The van der Waals surface area contributed by atoms with E-state index in [2.05, 4.69) is 20.9 Å². The van der Waals surface area contributed by atoms with Crippen LogP contribution < -0.4 is 11.2 Å². The maximum Gasteiger partial charge on any atom is 0.330 e. The largest absolute Gasteiger partial charge is 0.394 e. The highest BCUT2D eigenvalue weighted by Gasteiger charge is 2.35. The average molecular weight is 459 g/mol. The van der Waals surface area contributed by atoms with Crippen molar-refractivity contribution in [2.45, 2.75) is 24.9 Å². The van der Waals surface area contributed by atoms with E-state index in [0.29, 0.717) is 4.48 Å². The van der Waals surface area contributed by atoms with E-state index in [-0.39, 0.29) is 18.6 Å². The molecule has 110 valence electrons. The van der Waals surface area contributed by atoms with Gasteiger partial charge in [0.05, 0.1) is 18.3 Å². The van der Waals surface area contributed by atoms with Crippen LogP contribution in [0, 0.1) is 0 Å². The molecule has 7 nitrogen and oxygen atoms in total. The summed E-state index contributed by atoms with van der Waals surface area (Å²) >= 11 is 5.17. The molecule has 3 atom stereocenters. The Labute approximate surface area is 135 Å². The molecule has 1 fully saturated rings. The molecule has 0 spiro atoms. The zero-order valence-electron chi connectivity index (χ0n) is 10.1. The highest BCUT2D eigenvalue weighted by atomic mass is 127. The lowest BCUT2D eigenvalue weighted by molar-refractivity contribution is -0.0530. The topological polar surface area (TPSA) is 105 Å². The van der Waals surface area contributed by atoms with E-state index in [4.69, 9.17) is 9.84 Å². The van der Waals surface area contributed by atoms with Crippen molar-refractivity contribution in [3.8, 4) is 0 Å². The summed E-state index contributed by atoms with van der Waals surface area (Å²) in [6.07, 6.45) is -0.823. The molecule has 1 aliphatic heterocycles. The minimum Gasteiger partial charge on any atom is -0.394 e. The summed E-state index contributed by atoms with van der Waals surface area (Å²) < 4.78 is 8.68. The Balaban J connectivity index is 2.47. The highest BCUT2D eigenvalue weighted by Crippen LogP contribution is 2.28. The molecule has 1 saturated heterocycles. The summed E-state index contributed by atoms with van der Waals surface area (Å²) in [4.78, 5) is 25.7. The fourth-order valence-electron chi connectivity index (χ4n) is 2.00.